The van der Waals surface area contributed by atoms with Crippen molar-refractivity contribution >= 4 is 0 Å². The van der Waals surface area contributed by atoms with Crippen LogP contribution in [0.3, 0.4) is 0 Å². The molecule has 0 aliphatic rings. The van der Waals surface area contributed by atoms with Gasteiger partial charge in [0.1, 0.15) is 5.82 Å². The number of methoxy groups -OCH3 is 2. The molecular formula is C9H17N3O2. The molecule has 2 N–H and O–H groups in total. The molecule has 1 aromatic heterocycles. The van der Waals surface area contributed by atoms with Gasteiger partial charge in [-0.3, -0.25) is 4.57 Å². The maximum absolute atomic E-state index is 5.72. The average molecular weight is 199 g/mol. The van der Waals surface area contributed by atoms with Crippen molar-refractivity contribution in [1.29, 1.82) is 0 Å². The molecule has 80 valence electrons. The van der Waals surface area contributed by atoms with E-state index in [1.165, 1.54) is 0 Å². The fourth-order valence-corrected chi connectivity index (χ4v) is 1.35. The maximum atomic E-state index is 5.72. The van der Waals surface area contributed by atoms with E-state index in [4.69, 9.17) is 15.2 Å². The first kappa shape index (κ1) is 10.8. The van der Waals surface area contributed by atoms with Gasteiger partial charge in [0.25, 0.3) is 11.8 Å². The van der Waals surface area contributed by atoms with E-state index in [1.54, 1.807) is 14.2 Å². The molecule has 1 aromatic rings. The lowest BCUT2D eigenvalue weighted by Crippen LogP contribution is -2.23. The Balaban J connectivity index is 3.06. The minimum Gasteiger partial charge on any atom is -0.478 e. The van der Waals surface area contributed by atoms with E-state index in [9.17, 15) is 0 Å². The summed E-state index contributed by atoms with van der Waals surface area (Å²) in [5.41, 5.74) is 5.72. The van der Waals surface area contributed by atoms with Gasteiger partial charge < -0.3 is 15.2 Å². The van der Waals surface area contributed by atoms with Crippen LogP contribution >= 0.6 is 0 Å². The largest absolute Gasteiger partial charge is 0.478 e. The van der Waals surface area contributed by atoms with Gasteiger partial charge in [0, 0.05) is 12.6 Å². The standard InChI is InChI=1S/C9H17N3O2/c1-6(10)5-12-7(2)11-8(13-3)9(12)14-4/h6H,5,10H2,1-4H3. The third-order valence-corrected chi connectivity index (χ3v) is 1.94. The second-order valence-electron chi connectivity index (χ2n) is 3.27. The van der Waals surface area contributed by atoms with Crippen LogP contribution in [0.25, 0.3) is 0 Å². The number of ether oxygens (including phenoxy) is 2. The molecule has 1 heterocycles. The van der Waals surface area contributed by atoms with Crippen LogP contribution in [-0.2, 0) is 6.54 Å². The second-order valence-corrected chi connectivity index (χ2v) is 3.27. The van der Waals surface area contributed by atoms with Crippen molar-refractivity contribution < 1.29 is 9.47 Å². The molecule has 0 bridgehead atoms. The lowest BCUT2D eigenvalue weighted by molar-refractivity contribution is 0.323. The monoisotopic (exact) mass is 199 g/mol. The second kappa shape index (κ2) is 4.32. The summed E-state index contributed by atoms with van der Waals surface area (Å²) in [6, 6.07) is 0.0570. The van der Waals surface area contributed by atoms with Crippen LogP contribution in [0.1, 0.15) is 12.7 Å². The molecule has 1 unspecified atom stereocenters. The van der Waals surface area contributed by atoms with Gasteiger partial charge in [-0.2, -0.15) is 4.98 Å². The van der Waals surface area contributed by atoms with Crippen molar-refractivity contribution in [2.75, 3.05) is 14.2 Å². The molecule has 0 saturated heterocycles. The molecule has 14 heavy (non-hydrogen) atoms. The first-order chi connectivity index (χ1) is 6.60. The Labute approximate surface area is 83.8 Å². The van der Waals surface area contributed by atoms with Crippen molar-refractivity contribution in [2.24, 2.45) is 5.73 Å². The maximum Gasteiger partial charge on any atom is 0.277 e. The SMILES string of the molecule is COc1nc(C)n(CC(C)N)c1OC. The van der Waals surface area contributed by atoms with Crippen LogP contribution in [0.5, 0.6) is 11.8 Å². The van der Waals surface area contributed by atoms with Crippen molar-refractivity contribution in [2.45, 2.75) is 26.4 Å². The Morgan fingerprint density at radius 2 is 2.07 bits per heavy atom. The molecule has 0 radical (unpaired) electrons. The van der Waals surface area contributed by atoms with E-state index in [2.05, 4.69) is 4.98 Å². The fourth-order valence-electron chi connectivity index (χ4n) is 1.35. The van der Waals surface area contributed by atoms with Crippen molar-refractivity contribution in [1.82, 2.24) is 9.55 Å². The molecule has 0 aromatic carbocycles. The van der Waals surface area contributed by atoms with E-state index >= 15 is 0 Å². The summed E-state index contributed by atoms with van der Waals surface area (Å²) in [5, 5.41) is 0. The number of imidazole rings is 1. The molecule has 0 aliphatic carbocycles. The Bertz CT molecular complexity index is 307. The number of nitrogens with two attached hydrogens (primary N) is 1. The van der Waals surface area contributed by atoms with Crippen molar-refractivity contribution in [3.8, 4) is 11.8 Å². The summed E-state index contributed by atoms with van der Waals surface area (Å²) < 4.78 is 12.2. The molecule has 0 fully saturated rings. The molecule has 0 amide bonds. The smallest absolute Gasteiger partial charge is 0.277 e. The van der Waals surface area contributed by atoms with Crippen LogP contribution < -0.4 is 15.2 Å². The zero-order valence-electron chi connectivity index (χ0n) is 9.07. The number of aromatic nitrogens is 2. The zero-order valence-corrected chi connectivity index (χ0v) is 9.07. The Hall–Kier alpha value is -1.23. The predicted molar refractivity (Wildman–Crippen MR) is 53.7 cm³/mol. The lowest BCUT2D eigenvalue weighted by Gasteiger charge is -2.11. The molecule has 5 heteroatoms. The summed E-state index contributed by atoms with van der Waals surface area (Å²) in [7, 11) is 3.16. The lowest BCUT2D eigenvalue weighted by atomic mass is 10.3. The van der Waals surface area contributed by atoms with E-state index in [0.717, 1.165) is 5.82 Å². The highest BCUT2D eigenvalue weighted by molar-refractivity contribution is 5.29. The minimum atomic E-state index is 0.0570. The van der Waals surface area contributed by atoms with Crippen LogP contribution in [0.15, 0.2) is 0 Å². The van der Waals surface area contributed by atoms with Gasteiger partial charge in [0.05, 0.1) is 14.2 Å². The fraction of sp³-hybridized carbons (Fsp3) is 0.667. The molecule has 1 atom stereocenters. The molecular weight excluding hydrogens is 182 g/mol. The molecule has 0 aliphatic heterocycles. The minimum absolute atomic E-state index is 0.0570. The van der Waals surface area contributed by atoms with Crippen LogP contribution in [-0.4, -0.2) is 29.8 Å². The van der Waals surface area contributed by atoms with E-state index < -0.39 is 0 Å². The normalized spacial score (nSPS) is 12.6. The predicted octanol–water partition coefficient (Wildman–Crippen LogP) is 0.556. The number of nitrogens with zero attached hydrogens (tertiary/aromatic N) is 2. The molecule has 1 rings (SSSR count). The summed E-state index contributed by atoms with van der Waals surface area (Å²) >= 11 is 0. The first-order valence-corrected chi connectivity index (χ1v) is 4.50. The van der Waals surface area contributed by atoms with Gasteiger partial charge in [0.15, 0.2) is 0 Å². The van der Waals surface area contributed by atoms with Crippen molar-refractivity contribution in [3.05, 3.63) is 5.82 Å². The van der Waals surface area contributed by atoms with Crippen LogP contribution in [0.4, 0.5) is 0 Å². The highest BCUT2D eigenvalue weighted by atomic mass is 16.5. The van der Waals surface area contributed by atoms with Gasteiger partial charge in [-0.15, -0.1) is 0 Å². The quantitative estimate of drug-likeness (QED) is 0.769. The zero-order chi connectivity index (χ0) is 10.7. The number of aryl methyl sites for hydroxylation is 1. The third-order valence-electron chi connectivity index (χ3n) is 1.94. The Morgan fingerprint density at radius 1 is 1.43 bits per heavy atom. The van der Waals surface area contributed by atoms with E-state index in [1.807, 2.05) is 18.4 Å². The van der Waals surface area contributed by atoms with Gasteiger partial charge in [-0.05, 0) is 13.8 Å². The molecule has 0 spiro atoms. The van der Waals surface area contributed by atoms with Gasteiger partial charge in [-0.25, -0.2) is 0 Å². The summed E-state index contributed by atoms with van der Waals surface area (Å²) in [5.74, 6) is 1.98. The summed E-state index contributed by atoms with van der Waals surface area (Å²) in [6.07, 6.45) is 0. The molecule has 0 saturated carbocycles. The number of hydrogen-bond acceptors (Lipinski definition) is 4. The van der Waals surface area contributed by atoms with E-state index in [0.29, 0.717) is 18.3 Å². The highest BCUT2D eigenvalue weighted by Gasteiger charge is 2.16. The van der Waals surface area contributed by atoms with Gasteiger partial charge in [-0.1, -0.05) is 0 Å². The highest BCUT2D eigenvalue weighted by Crippen LogP contribution is 2.27. The topological polar surface area (TPSA) is 62.3 Å². The molecule has 5 nitrogen and oxygen atoms in total. The Kier molecular flexibility index (Phi) is 3.35. The number of rotatable bonds is 4. The van der Waals surface area contributed by atoms with Gasteiger partial charge >= 0.3 is 0 Å². The van der Waals surface area contributed by atoms with Crippen LogP contribution in [0, 0.1) is 6.92 Å². The summed E-state index contributed by atoms with van der Waals surface area (Å²) in [6.45, 7) is 4.50. The van der Waals surface area contributed by atoms with Gasteiger partial charge in [0.2, 0.25) is 0 Å². The van der Waals surface area contributed by atoms with Crippen molar-refractivity contribution in [3.63, 3.8) is 0 Å². The average Bonchev–Trinajstić information content (AvgIpc) is 2.42. The number of hydrogen-bond donors (Lipinski definition) is 1. The first-order valence-electron chi connectivity index (χ1n) is 4.50. The summed E-state index contributed by atoms with van der Waals surface area (Å²) in [4.78, 5) is 4.21. The van der Waals surface area contributed by atoms with E-state index in [-0.39, 0.29) is 6.04 Å². The third kappa shape index (κ3) is 1.98. The Morgan fingerprint density at radius 3 is 2.50 bits per heavy atom. The van der Waals surface area contributed by atoms with Crippen LogP contribution in [0.2, 0.25) is 0 Å².